The van der Waals surface area contributed by atoms with E-state index in [0.717, 1.165) is 12.0 Å². The summed E-state index contributed by atoms with van der Waals surface area (Å²) in [6.07, 6.45) is 0.992. The first-order valence-corrected chi connectivity index (χ1v) is 8.77. The number of carbonyl (C=O) groups is 1. The van der Waals surface area contributed by atoms with Gasteiger partial charge in [0.1, 0.15) is 0 Å². The smallest absolute Gasteiger partial charge is 0.253 e. The zero-order chi connectivity index (χ0) is 18.0. The van der Waals surface area contributed by atoms with Gasteiger partial charge in [-0.05, 0) is 40.5 Å². The van der Waals surface area contributed by atoms with Crippen molar-refractivity contribution in [1.29, 1.82) is 0 Å². The predicted octanol–water partition coefficient (Wildman–Crippen LogP) is 5.26. The fraction of sp³-hybridized carbons (Fsp3) is 0.261. The van der Waals surface area contributed by atoms with E-state index in [9.17, 15) is 4.79 Å². The van der Waals surface area contributed by atoms with Gasteiger partial charge in [-0.2, -0.15) is 0 Å². The molecule has 0 saturated carbocycles. The zero-order valence-corrected chi connectivity index (χ0v) is 15.4. The first-order valence-electron chi connectivity index (χ1n) is 8.77. The first kappa shape index (κ1) is 17.2. The summed E-state index contributed by atoms with van der Waals surface area (Å²) < 4.78 is 0. The van der Waals surface area contributed by atoms with Crippen LogP contribution in [0.15, 0.2) is 66.7 Å². The Labute approximate surface area is 150 Å². The van der Waals surface area contributed by atoms with Crippen LogP contribution in [0.3, 0.4) is 0 Å². The lowest BCUT2D eigenvalue weighted by molar-refractivity contribution is 0.0827. The number of carbonyl (C=O) groups excluding carboxylic acids is 1. The average molecular weight is 331 g/mol. The van der Waals surface area contributed by atoms with Crippen LogP contribution >= 0.6 is 0 Å². The van der Waals surface area contributed by atoms with Crippen LogP contribution in [0, 0.1) is 0 Å². The van der Waals surface area contributed by atoms with Crippen molar-refractivity contribution in [1.82, 2.24) is 4.90 Å². The number of fused-ring (bicyclic) bond motifs is 1. The van der Waals surface area contributed by atoms with Crippen molar-refractivity contribution in [3.05, 3.63) is 83.4 Å². The van der Waals surface area contributed by atoms with Gasteiger partial charge >= 0.3 is 0 Å². The highest BCUT2D eigenvalue weighted by molar-refractivity contribution is 5.93. The minimum atomic E-state index is -0.0796. The van der Waals surface area contributed by atoms with Crippen molar-refractivity contribution in [2.75, 3.05) is 14.1 Å². The van der Waals surface area contributed by atoms with Gasteiger partial charge in [0, 0.05) is 25.1 Å². The third-order valence-electron chi connectivity index (χ3n) is 5.27. The maximum absolute atomic E-state index is 12.1. The van der Waals surface area contributed by atoms with Crippen molar-refractivity contribution in [3.8, 4) is 0 Å². The largest absolute Gasteiger partial charge is 0.345 e. The lowest BCUT2D eigenvalue weighted by atomic mass is 9.73. The summed E-state index contributed by atoms with van der Waals surface area (Å²) in [5, 5.41) is 2.52. The van der Waals surface area contributed by atoms with Crippen LogP contribution in [0.4, 0.5) is 0 Å². The second-order valence-corrected chi connectivity index (χ2v) is 7.02. The number of hydrogen-bond donors (Lipinski definition) is 0. The molecular weight excluding hydrogens is 306 g/mol. The minimum absolute atomic E-state index is 0.0375. The van der Waals surface area contributed by atoms with Gasteiger partial charge in [0.25, 0.3) is 5.91 Å². The average Bonchev–Trinajstić information content (AvgIpc) is 2.66. The van der Waals surface area contributed by atoms with Gasteiger partial charge in [-0.3, -0.25) is 4.79 Å². The second kappa shape index (κ2) is 6.72. The molecule has 0 aliphatic carbocycles. The number of amides is 1. The molecule has 0 spiro atoms. The van der Waals surface area contributed by atoms with Crippen LogP contribution in [-0.4, -0.2) is 24.9 Å². The van der Waals surface area contributed by atoms with Crippen molar-refractivity contribution in [2.24, 2.45) is 0 Å². The van der Waals surface area contributed by atoms with Gasteiger partial charge in [0.2, 0.25) is 0 Å². The Hall–Kier alpha value is -2.61. The second-order valence-electron chi connectivity index (χ2n) is 7.02. The van der Waals surface area contributed by atoms with E-state index in [2.05, 4.69) is 68.4 Å². The molecule has 1 atom stereocenters. The standard InChI is InChI=1S/C23H25NO/c1-5-23(2,20-13-11-18(12-14-20)22(25)24(3)4)21-15-10-17-8-6-7-9-19(17)16-21/h6-16H,5H2,1-4H3/t23-/m1/s1. The molecule has 0 fully saturated rings. The van der Waals surface area contributed by atoms with Gasteiger partial charge < -0.3 is 4.90 Å². The molecule has 0 aromatic heterocycles. The maximum Gasteiger partial charge on any atom is 0.253 e. The van der Waals surface area contributed by atoms with Gasteiger partial charge in [-0.15, -0.1) is 0 Å². The fourth-order valence-corrected chi connectivity index (χ4v) is 3.35. The van der Waals surface area contributed by atoms with E-state index in [1.165, 1.54) is 21.9 Å². The number of nitrogens with zero attached hydrogens (tertiary/aromatic N) is 1. The lowest BCUT2D eigenvalue weighted by Gasteiger charge is -2.30. The molecule has 3 aromatic rings. The Morgan fingerprint density at radius 3 is 2.08 bits per heavy atom. The van der Waals surface area contributed by atoms with Gasteiger partial charge in [-0.25, -0.2) is 0 Å². The minimum Gasteiger partial charge on any atom is -0.345 e. The number of benzene rings is 3. The SMILES string of the molecule is CC[C@](C)(c1ccc(C(=O)N(C)C)cc1)c1ccc2ccccc2c1. The van der Waals surface area contributed by atoms with Crippen molar-refractivity contribution in [2.45, 2.75) is 25.7 Å². The van der Waals surface area contributed by atoms with Crippen molar-refractivity contribution < 1.29 is 4.79 Å². The Bertz CT molecular complexity index is 895. The predicted molar refractivity (Wildman–Crippen MR) is 105 cm³/mol. The molecule has 1 amide bonds. The van der Waals surface area contributed by atoms with E-state index >= 15 is 0 Å². The van der Waals surface area contributed by atoms with E-state index in [1.54, 1.807) is 19.0 Å². The molecular formula is C23H25NO. The molecule has 3 aromatic carbocycles. The van der Waals surface area contributed by atoms with E-state index in [0.29, 0.717) is 0 Å². The molecule has 3 rings (SSSR count). The van der Waals surface area contributed by atoms with Gasteiger partial charge in [0.15, 0.2) is 0 Å². The van der Waals surface area contributed by atoms with Crippen LogP contribution in [-0.2, 0) is 5.41 Å². The van der Waals surface area contributed by atoms with Crippen LogP contribution in [0.1, 0.15) is 41.8 Å². The van der Waals surface area contributed by atoms with E-state index in [4.69, 9.17) is 0 Å². The molecule has 0 aliphatic rings. The topological polar surface area (TPSA) is 20.3 Å². The molecule has 2 heteroatoms. The summed E-state index contributed by atoms with van der Waals surface area (Å²) in [4.78, 5) is 13.7. The maximum atomic E-state index is 12.1. The number of rotatable bonds is 4. The van der Waals surface area contributed by atoms with Crippen molar-refractivity contribution >= 4 is 16.7 Å². The fourth-order valence-electron chi connectivity index (χ4n) is 3.35. The summed E-state index contributed by atoms with van der Waals surface area (Å²) in [7, 11) is 3.56. The first-order chi connectivity index (χ1) is 12.0. The Morgan fingerprint density at radius 2 is 1.48 bits per heavy atom. The highest BCUT2D eigenvalue weighted by Gasteiger charge is 2.27. The quantitative estimate of drug-likeness (QED) is 0.639. The molecule has 0 saturated heterocycles. The van der Waals surface area contributed by atoms with E-state index in [-0.39, 0.29) is 11.3 Å². The molecule has 25 heavy (non-hydrogen) atoms. The highest BCUT2D eigenvalue weighted by Crippen LogP contribution is 2.36. The monoisotopic (exact) mass is 331 g/mol. The lowest BCUT2D eigenvalue weighted by Crippen LogP contribution is -2.24. The number of hydrogen-bond acceptors (Lipinski definition) is 1. The van der Waals surface area contributed by atoms with Crippen LogP contribution in [0.2, 0.25) is 0 Å². The van der Waals surface area contributed by atoms with Gasteiger partial charge in [0.05, 0.1) is 0 Å². The van der Waals surface area contributed by atoms with Crippen LogP contribution < -0.4 is 0 Å². The Morgan fingerprint density at radius 1 is 0.880 bits per heavy atom. The van der Waals surface area contributed by atoms with Crippen LogP contribution in [0.5, 0.6) is 0 Å². The third-order valence-corrected chi connectivity index (χ3v) is 5.27. The van der Waals surface area contributed by atoms with Gasteiger partial charge in [-0.1, -0.05) is 68.4 Å². The molecule has 0 unspecified atom stereocenters. The summed E-state index contributed by atoms with van der Waals surface area (Å²) in [6.45, 7) is 4.49. The van der Waals surface area contributed by atoms with E-state index in [1.807, 2.05) is 12.1 Å². The molecule has 0 bridgehead atoms. The van der Waals surface area contributed by atoms with Crippen molar-refractivity contribution in [3.63, 3.8) is 0 Å². The third kappa shape index (κ3) is 3.17. The molecule has 2 nitrogen and oxygen atoms in total. The summed E-state index contributed by atoms with van der Waals surface area (Å²) in [6, 6.07) is 23.2. The Balaban J connectivity index is 2.02. The summed E-state index contributed by atoms with van der Waals surface area (Å²) >= 11 is 0. The summed E-state index contributed by atoms with van der Waals surface area (Å²) in [5.74, 6) is 0.0375. The zero-order valence-electron chi connectivity index (χ0n) is 15.4. The molecule has 0 heterocycles. The Kier molecular flexibility index (Phi) is 4.63. The molecule has 0 radical (unpaired) electrons. The normalized spacial score (nSPS) is 13.4. The van der Waals surface area contributed by atoms with Crippen LogP contribution in [0.25, 0.3) is 10.8 Å². The molecule has 128 valence electrons. The highest BCUT2D eigenvalue weighted by atomic mass is 16.2. The molecule has 0 aliphatic heterocycles. The van der Waals surface area contributed by atoms with E-state index < -0.39 is 0 Å². The summed E-state index contributed by atoms with van der Waals surface area (Å²) in [5.41, 5.74) is 3.19. The molecule has 0 N–H and O–H groups in total.